The van der Waals surface area contributed by atoms with Gasteiger partial charge in [-0.1, -0.05) is 6.92 Å². The van der Waals surface area contributed by atoms with E-state index in [-0.39, 0.29) is 0 Å². The summed E-state index contributed by atoms with van der Waals surface area (Å²) in [6.45, 7) is 6.75. The second kappa shape index (κ2) is 8.17. The maximum atomic E-state index is 5.52. The first kappa shape index (κ1) is 15.2. The minimum absolute atomic E-state index is 0.612. The quantitative estimate of drug-likeness (QED) is 0.771. The Bertz CT molecular complexity index is 376. The molecule has 0 aliphatic carbocycles. The van der Waals surface area contributed by atoms with Crippen LogP contribution >= 0.6 is 0 Å². The van der Waals surface area contributed by atoms with Crippen LogP contribution in [0.15, 0.2) is 12.4 Å². The molecule has 1 aliphatic rings. The van der Waals surface area contributed by atoms with Gasteiger partial charge in [0.2, 0.25) is 0 Å². The second-order valence-electron chi connectivity index (χ2n) is 5.51. The SMILES string of the molecule is CCCNCc1cnc(N(C)CC2CCCOC2)cn1. The lowest BCUT2D eigenvalue weighted by molar-refractivity contribution is 0.0576. The van der Waals surface area contributed by atoms with Crippen molar-refractivity contribution in [2.75, 3.05) is 38.3 Å². The van der Waals surface area contributed by atoms with Crippen molar-refractivity contribution < 1.29 is 4.74 Å². The van der Waals surface area contributed by atoms with Gasteiger partial charge in [-0.15, -0.1) is 0 Å². The van der Waals surface area contributed by atoms with Gasteiger partial charge in [0.1, 0.15) is 5.82 Å². The minimum Gasteiger partial charge on any atom is -0.381 e. The molecule has 0 amide bonds. The van der Waals surface area contributed by atoms with Crippen molar-refractivity contribution in [3.63, 3.8) is 0 Å². The molecule has 20 heavy (non-hydrogen) atoms. The zero-order chi connectivity index (χ0) is 14.2. The van der Waals surface area contributed by atoms with Crippen LogP contribution in [0, 0.1) is 5.92 Å². The Labute approximate surface area is 121 Å². The normalized spacial score (nSPS) is 19.0. The van der Waals surface area contributed by atoms with Gasteiger partial charge in [-0.3, -0.25) is 4.98 Å². The van der Waals surface area contributed by atoms with Crippen molar-refractivity contribution in [3.8, 4) is 0 Å². The standard InChI is InChI=1S/C15H26N4O/c1-3-6-16-8-14-9-18-15(10-17-14)19(2)11-13-5-4-7-20-12-13/h9-10,13,16H,3-8,11-12H2,1-2H3. The Morgan fingerprint density at radius 1 is 1.40 bits per heavy atom. The average Bonchev–Trinajstić information content (AvgIpc) is 2.49. The molecule has 1 aromatic rings. The fourth-order valence-corrected chi connectivity index (χ4v) is 2.46. The number of rotatable bonds is 7. The highest BCUT2D eigenvalue weighted by Gasteiger charge is 2.16. The largest absolute Gasteiger partial charge is 0.381 e. The van der Waals surface area contributed by atoms with Gasteiger partial charge < -0.3 is 15.0 Å². The fraction of sp³-hybridized carbons (Fsp3) is 0.733. The number of anilines is 1. The van der Waals surface area contributed by atoms with E-state index in [9.17, 15) is 0 Å². The first-order valence-electron chi connectivity index (χ1n) is 7.60. The molecule has 1 aromatic heterocycles. The van der Waals surface area contributed by atoms with Crippen LogP contribution < -0.4 is 10.2 Å². The van der Waals surface area contributed by atoms with Gasteiger partial charge in [0.15, 0.2) is 0 Å². The van der Waals surface area contributed by atoms with E-state index >= 15 is 0 Å². The smallest absolute Gasteiger partial charge is 0.146 e. The Morgan fingerprint density at radius 2 is 2.30 bits per heavy atom. The molecule has 0 bridgehead atoms. The molecule has 2 heterocycles. The summed E-state index contributed by atoms with van der Waals surface area (Å²) in [5, 5.41) is 3.33. The molecular formula is C15H26N4O. The number of aromatic nitrogens is 2. The Kier molecular flexibility index (Phi) is 6.21. The van der Waals surface area contributed by atoms with E-state index in [1.165, 1.54) is 12.8 Å². The molecule has 2 rings (SSSR count). The molecule has 5 heteroatoms. The van der Waals surface area contributed by atoms with Crippen LogP contribution in [-0.2, 0) is 11.3 Å². The molecule has 1 N–H and O–H groups in total. The zero-order valence-corrected chi connectivity index (χ0v) is 12.6. The van der Waals surface area contributed by atoms with E-state index < -0.39 is 0 Å². The molecule has 5 nitrogen and oxygen atoms in total. The van der Waals surface area contributed by atoms with Gasteiger partial charge >= 0.3 is 0 Å². The predicted octanol–water partition coefficient (Wildman–Crippen LogP) is 1.84. The van der Waals surface area contributed by atoms with Crippen LogP contribution in [0.25, 0.3) is 0 Å². The fourth-order valence-electron chi connectivity index (χ4n) is 2.46. The summed E-state index contributed by atoms with van der Waals surface area (Å²) in [5.41, 5.74) is 0.997. The maximum absolute atomic E-state index is 5.52. The third kappa shape index (κ3) is 4.72. The van der Waals surface area contributed by atoms with Crippen molar-refractivity contribution in [2.45, 2.75) is 32.7 Å². The van der Waals surface area contributed by atoms with Crippen molar-refractivity contribution >= 4 is 5.82 Å². The van der Waals surface area contributed by atoms with E-state index in [1.54, 1.807) is 0 Å². The number of hydrogen-bond donors (Lipinski definition) is 1. The average molecular weight is 278 g/mol. The summed E-state index contributed by atoms with van der Waals surface area (Å²) in [6, 6.07) is 0. The minimum atomic E-state index is 0.612. The number of hydrogen-bond acceptors (Lipinski definition) is 5. The third-order valence-electron chi connectivity index (χ3n) is 3.60. The number of nitrogens with one attached hydrogen (secondary N) is 1. The highest BCUT2D eigenvalue weighted by molar-refractivity contribution is 5.34. The Balaban J connectivity index is 1.81. The van der Waals surface area contributed by atoms with Crippen molar-refractivity contribution in [1.82, 2.24) is 15.3 Å². The first-order chi connectivity index (χ1) is 9.79. The van der Waals surface area contributed by atoms with Gasteiger partial charge in [-0.25, -0.2) is 4.98 Å². The Hall–Kier alpha value is -1.20. The summed E-state index contributed by atoms with van der Waals surface area (Å²) in [7, 11) is 2.08. The van der Waals surface area contributed by atoms with Gasteiger partial charge in [0.05, 0.1) is 24.7 Å². The monoisotopic (exact) mass is 278 g/mol. The van der Waals surface area contributed by atoms with Gasteiger partial charge in [-0.2, -0.15) is 0 Å². The van der Waals surface area contributed by atoms with E-state index in [2.05, 4.69) is 34.2 Å². The molecule has 1 fully saturated rings. The van der Waals surface area contributed by atoms with Crippen LogP contribution in [0.1, 0.15) is 31.9 Å². The van der Waals surface area contributed by atoms with Crippen molar-refractivity contribution in [2.24, 2.45) is 5.92 Å². The summed E-state index contributed by atoms with van der Waals surface area (Å²) in [6.07, 6.45) is 7.29. The lowest BCUT2D eigenvalue weighted by atomic mass is 10.0. The lowest BCUT2D eigenvalue weighted by Gasteiger charge is -2.27. The van der Waals surface area contributed by atoms with Gasteiger partial charge in [-0.05, 0) is 31.7 Å². The van der Waals surface area contributed by atoms with Crippen LogP contribution in [0.2, 0.25) is 0 Å². The molecule has 0 radical (unpaired) electrons. The third-order valence-corrected chi connectivity index (χ3v) is 3.60. The van der Waals surface area contributed by atoms with Crippen molar-refractivity contribution in [1.29, 1.82) is 0 Å². The van der Waals surface area contributed by atoms with E-state index in [0.29, 0.717) is 5.92 Å². The molecule has 0 spiro atoms. The summed E-state index contributed by atoms with van der Waals surface area (Å²) in [4.78, 5) is 11.1. The molecule has 1 aliphatic heterocycles. The van der Waals surface area contributed by atoms with Crippen molar-refractivity contribution in [3.05, 3.63) is 18.1 Å². The number of nitrogens with zero attached hydrogens (tertiary/aromatic N) is 3. The summed E-state index contributed by atoms with van der Waals surface area (Å²) >= 11 is 0. The van der Waals surface area contributed by atoms with Crippen LogP contribution in [-0.4, -0.2) is 43.3 Å². The predicted molar refractivity (Wildman–Crippen MR) is 80.8 cm³/mol. The summed E-state index contributed by atoms with van der Waals surface area (Å²) < 4.78 is 5.52. The molecule has 112 valence electrons. The molecule has 1 saturated heterocycles. The topological polar surface area (TPSA) is 50.3 Å². The molecular weight excluding hydrogens is 252 g/mol. The van der Waals surface area contributed by atoms with Crippen LogP contribution in [0.5, 0.6) is 0 Å². The van der Waals surface area contributed by atoms with Crippen LogP contribution in [0.4, 0.5) is 5.82 Å². The number of ether oxygens (including phenoxy) is 1. The Morgan fingerprint density at radius 3 is 2.95 bits per heavy atom. The van der Waals surface area contributed by atoms with Gasteiger partial charge in [0, 0.05) is 26.7 Å². The summed E-state index contributed by atoms with van der Waals surface area (Å²) in [5.74, 6) is 1.55. The first-order valence-corrected chi connectivity index (χ1v) is 7.60. The van der Waals surface area contributed by atoms with E-state index in [0.717, 1.165) is 50.8 Å². The highest BCUT2D eigenvalue weighted by atomic mass is 16.5. The second-order valence-corrected chi connectivity index (χ2v) is 5.51. The van der Waals surface area contributed by atoms with E-state index in [1.807, 2.05) is 12.4 Å². The molecule has 0 aromatic carbocycles. The molecule has 0 saturated carbocycles. The van der Waals surface area contributed by atoms with Gasteiger partial charge in [0.25, 0.3) is 0 Å². The lowest BCUT2D eigenvalue weighted by Crippen LogP contribution is -2.31. The zero-order valence-electron chi connectivity index (χ0n) is 12.6. The maximum Gasteiger partial charge on any atom is 0.146 e. The highest BCUT2D eigenvalue weighted by Crippen LogP contribution is 2.17. The van der Waals surface area contributed by atoms with Crippen LogP contribution in [0.3, 0.4) is 0 Å². The molecule has 1 atom stereocenters. The molecule has 1 unspecified atom stereocenters. The van der Waals surface area contributed by atoms with E-state index in [4.69, 9.17) is 4.74 Å².